The second-order valence-electron chi connectivity index (χ2n) is 4.17. The molecule has 18 heavy (non-hydrogen) atoms. The van der Waals surface area contributed by atoms with Crippen LogP contribution in [0.5, 0.6) is 0 Å². The van der Waals surface area contributed by atoms with Gasteiger partial charge in [0.05, 0.1) is 6.61 Å². The van der Waals surface area contributed by atoms with Crippen molar-refractivity contribution in [2.45, 2.75) is 20.8 Å². The van der Waals surface area contributed by atoms with E-state index >= 15 is 0 Å². The minimum Gasteiger partial charge on any atom is -0.462 e. The predicted octanol–water partition coefficient (Wildman–Crippen LogP) is 3.74. The molecule has 0 atom stereocenters. The van der Waals surface area contributed by atoms with Crippen LogP contribution in [0.15, 0.2) is 34.7 Å². The summed E-state index contributed by atoms with van der Waals surface area (Å²) in [4.78, 5) is 11.7. The number of carbonyl (C=O) groups excluding carboxylic acids is 1. The van der Waals surface area contributed by atoms with E-state index in [1.54, 1.807) is 19.9 Å². The fourth-order valence-corrected chi connectivity index (χ4v) is 1.75. The molecule has 0 fully saturated rings. The summed E-state index contributed by atoms with van der Waals surface area (Å²) in [6.07, 6.45) is 0. The standard InChI is InChI=1S/C15H16O3/c1-4-17-15(16)13-9-14(18-11(13)3)12-7-5-10(2)6-8-12/h5-9H,4H2,1-3H3. The summed E-state index contributed by atoms with van der Waals surface area (Å²) in [5.74, 6) is 0.941. The molecule has 94 valence electrons. The maximum atomic E-state index is 11.7. The molecule has 0 N–H and O–H groups in total. The van der Waals surface area contributed by atoms with Crippen molar-refractivity contribution in [2.24, 2.45) is 0 Å². The third-order valence-electron chi connectivity index (χ3n) is 2.75. The van der Waals surface area contributed by atoms with Gasteiger partial charge in [-0.05, 0) is 26.8 Å². The summed E-state index contributed by atoms with van der Waals surface area (Å²) in [7, 11) is 0. The van der Waals surface area contributed by atoms with Gasteiger partial charge >= 0.3 is 5.97 Å². The van der Waals surface area contributed by atoms with Gasteiger partial charge in [-0.15, -0.1) is 0 Å². The average molecular weight is 244 g/mol. The Labute approximate surface area is 106 Å². The SMILES string of the molecule is CCOC(=O)c1cc(-c2ccc(C)cc2)oc1C. The first-order chi connectivity index (χ1) is 8.61. The van der Waals surface area contributed by atoms with Gasteiger partial charge in [-0.3, -0.25) is 0 Å². The van der Waals surface area contributed by atoms with Gasteiger partial charge in [0.15, 0.2) is 0 Å². The minimum atomic E-state index is -0.336. The van der Waals surface area contributed by atoms with Crippen LogP contribution in [0.3, 0.4) is 0 Å². The quantitative estimate of drug-likeness (QED) is 0.772. The molecule has 2 rings (SSSR count). The zero-order valence-electron chi connectivity index (χ0n) is 10.8. The lowest BCUT2D eigenvalue weighted by Crippen LogP contribution is -2.04. The zero-order chi connectivity index (χ0) is 13.1. The molecule has 3 heteroatoms. The lowest BCUT2D eigenvalue weighted by molar-refractivity contribution is 0.0524. The molecule has 1 heterocycles. The Hall–Kier alpha value is -2.03. The molecule has 2 aromatic rings. The summed E-state index contributed by atoms with van der Waals surface area (Å²) in [5, 5.41) is 0. The molecule has 0 amide bonds. The Bertz CT molecular complexity index is 550. The second-order valence-corrected chi connectivity index (χ2v) is 4.17. The maximum Gasteiger partial charge on any atom is 0.341 e. The molecule has 0 aliphatic heterocycles. The van der Waals surface area contributed by atoms with E-state index in [2.05, 4.69) is 0 Å². The van der Waals surface area contributed by atoms with Gasteiger partial charge in [0.25, 0.3) is 0 Å². The number of benzene rings is 1. The number of furan rings is 1. The van der Waals surface area contributed by atoms with Gasteiger partial charge in [0, 0.05) is 5.56 Å². The highest BCUT2D eigenvalue weighted by Gasteiger charge is 2.16. The molecule has 0 aliphatic carbocycles. The van der Waals surface area contributed by atoms with E-state index in [1.807, 2.05) is 31.2 Å². The fraction of sp³-hybridized carbons (Fsp3) is 0.267. The van der Waals surface area contributed by atoms with Crippen molar-refractivity contribution in [1.82, 2.24) is 0 Å². The van der Waals surface area contributed by atoms with Crippen molar-refractivity contribution >= 4 is 5.97 Å². The molecule has 0 saturated carbocycles. The Balaban J connectivity index is 2.34. The van der Waals surface area contributed by atoms with E-state index in [4.69, 9.17) is 9.15 Å². The summed E-state index contributed by atoms with van der Waals surface area (Å²) < 4.78 is 10.6. The third-order valence-corrected chi connectivity index (χ3v) is 2.75. The van der Waals surface area contributed by atoms with Crippen molar-refractivity contribution in [3.63, 3.8) is 0 Å². The molecule has 0 bridgehead atoms. The lowest BCUT2D eigenvalue weighted by atomic mass is 10.1. The van der Waals surface area contributed by atoms with Crippen LogP contribution >= 0.6 is 0 Å². The highest BCUT2D eigenvalue weighted by atomic mass is 16.5. The first-order valence-electron chi connectivity index (χ1n) is 5.96. The van der Waals surface area contributed by atoms with Crippen LogP contribution in [0.25, 0.3) is 11.3 Å². The van der Waals surface area contributed by atoms with E-state index in [0.29, 0.717) is 23.7 Å². The van der Waals surface area contributed by atoms with Crippen LogP contribution < -0.4 is 0 Å². The number of hydrogen-bond donors (Lipinski definition) is 0. The number of hydrogen-bond acceptors (Lipinski definition) is 3. The Morgan fingerprint density at radius 2 is 1.89 bits per heavy atom. The van der Waals surface area contributed by atoms with Crippen LogP contribution in [0.4, 0.5) is 0 Å². The summed E-state index contributed by atoms with van der Waals surface area (Å²) in [5.41, 5.74) is 2.64. The highest BCUT2D eigenvalue weighted by molar-refractivity contribution is 5.91. The number of rotatable bonds is 3. The first kappa shape index (κ1) is 12.4. The Kier molecular flexibility index (Phi) is 3.51. The van der Waals surface area contributed by atoms with E-state index < -0.39 is 0 Å². The highest BCUT2D eigenvalue weighted by Crippen LogP contribution is 2.26. The van der Waals surface area contributed by atoms with Crippen LogP contribution in [0, 0.1) is 13.8 Å². The first-order valence-corrected chi connectivity index (χ1v) is 5.96. The van der Waals surface area contributed by atoms with Gasteiger partial charge in [-0.1, -0.05) is 29.8 Å². The molecule has 3 nitrogen and oxygen atoms in total. The predicted molar refractivity (Wildman–Crippen MR) is 69.6 cm³/mol. The van der Waals surface area contributed by atoms with Crippen LogP contribution in [-0.2, 0) is 4.74 Å². The van der Waals surface area contributed by atoms with Crippen molar-refractivity contribution in [3.05, 3.63) is 47.2 Å². The molecule has 0 aliphatic rings. The van der Waals surface area contributed by atoms with Gasteiger partial charge in [-0.25, -0.2) is 4.79 Å². The second kappa shape index (κ2) is 5.08. The zero-order valence-corrected chi connectivity index (χ0v) is 10.8. The third kappa shape index (κ3) is 2.45. The topological polar surface area (TPSA) is 39.4 Å². The Morgan fingerprint density at radius 1 is 1.22 bits per heavy atom. The lowest BCUT2D eigenvalue weighted by Gasteiger charge is -1.97. The normalized spacial score (nSPS) is 10.4. The Morgan fingerprint density at radius 3 is 2.50 bits per heavy atom. The van der Waals surface area contributed by atoms with E-state index in [1.165, 1.54) is 5.56 Å². The molecular weight excluding hydrogens is 228 g/mol. The van der Waals surface area contributed by atoms with Gasteiger partial charge in [-0.2, -0.15) is 0 Å². The number of aryl methyl sites for hydroxylation is 2. The van der Waals surface area contributed by atoms with Crippen LogP contribution in [0.1, 0.15) is 28.6 Å². The number of esters is 1. The largest absolute Gasteiger partial charge is 0.462 e. The molecule has 1 aromatic heterocycles. The summed E-state index contributed by atoms with van der Waals surface area (Å²) in [6, 6.07) is 9.71. The minimum absolute atomic E-state index is 0.336. The van der Waals surface area contributed by atoms with Gasteiger partial charge < -0.3 is 9.15 Å². The molecule has 0 spiro atoms. The smallest absolute Gasteiger partial charge is 0.341 e. The van der Waals surface area contributed by atoms with Crippen molar-refractivity contribution in [1.29, 1.82) is 0 Å². The molecule has 1 aromatic carbocycles. The van der Waals surface area contributed by atoms with E-state index in [0.717, 1.165) is 5.56 Å². The van der Waals surface area contributed by atoms with Crippen LogP contribution in [-0.4, -0.2) is 12.6 Å². The molecule has 0 radical (unpaired) electrons. The summed E-state index contributed by atoms with van der Waals surface area (Å²) >= 11 is 0. The molecule has 0 saturated heterocycles. The summed E-state index contributed by atoms with van der Waals surface area (Å²) in [6.45, 7) is 5.95. The molecule has 0 unspecified atom stereocenters. The van der Waals surface area contributed by atoms with Gasteiger partial charge in [0.1, 0.15) is 17.1 Å². The van der Waals surface area contributed by atoms with E-state index in [9.17, 15) is 4.79 Å². The monoisotopic (exact) mass is 244 g/mol. The van der Waals surface area contributed by atoms with Crippen molar-refractivity contribution < 1.29 is 13.9 Å². The molecular formula is C15H16O3. The van der Waals surface area contributed by atoms with Gasteiger partial charge in [0.2, 0.25) is 0 Å². The van der Waals surface area contributed by atoms with Crippen LogP contribution in [0.2, 0.25) is 0 Å². The van der Waals surface area contributed by atoms with E-state index in [-0.39, 0.29) is 5.97 Å². The fourth-order valence-electron chi connectivity index (χ4n) is 1.75. The number of carbonyl (C=O) groups is 1. The maximum absolute atomic E-state index is 11.7. The van der Waals surface area contributed by atoms with Crippen molar-refractivity contribution in [3.8, 4) is 11.3 Å². The van der Waals surface area contributed by atoms with Crippen molar-refractivity contribution in [2.75, 3.05) is 6.61 Å². The average Bonchev–Trinajstić information content (AvgIpc) is 2.72. The number of ether oxygens (including phenoxy) is 1.